The molecule has 1 aromatic rings. The van der Waals surface area contributed by atoms with Gasteiger partial charge >= 0.3 is 0 Å². The van der Waals surface area contributed by atoms with Gasteiger partial charge < -0.3 is 19.6 Å². The molecular weight excluding hydrogens is 308 g/mol. The van der Waals surface area contributed by atoms with Crippen LogP contribution >= 0.6 is 0 Å². The van der Waals surface area contributed by atoms with Crippen LogP contribution in [0.4, 0.5) is 0 Å². The minimum absolute atomic E-state index is 0.0928. The van der Waals surface area contributed by atoms with Gasteiger partial charge in [-0.3, -0.25) is 9.59 Å². The summed E-state index contributed by atoms with van der Waals surface area (Å²) in [5.41, 5.74) is 0.968. The van der Waals surface area contributed by atoms with Crippen LogP contribution < -0.4 is 4.74 Å². The molecule has 0 unspecified atom stereocenters. The number of aliphatic hydroxyl groups is 1. The van der Waals surface area contributed by atoms with E-state index in [1.54, 1.807) is 26.1 Å². The number of rotatable bonds is 5. The van der Waals surface area contributed by atoms with Crippen LogP contribution in [0.25, 0.3) is 0 Å². The average Bonchev–Trinajstić information content (AvgIpc) is 2.94. The second-order valence-corrected chi connectivity index (χ2v) is 6.42. The predicted octanol–water partition coefficient (Wildman–Crippen LogP) is 1.27. The fourth-order valence-electron chi connectivity index (χ4n) is 3.29. The highest BCUT2D eigenvalue weighted by Crippen LogP contribution is 2.31. The molecule has 1 N–H and O–H groups in total. The van der Waals surface area contributed by atoms with E-state index in [4.69, 9.17) is 4.74 Å². The molecule has 0 heterocycles. The third-order valence-electron chi connectivity index (χ3n) is 4.82. The maximum Gasteiger partial charge on any atom is 0.228 e. The average molecular weight is 334 g/mol. The van der Waals surface area contributed by atoms with Gasteiger partial charge in [-0.1, -0.05) is 12.1 Å². The Bertz CT molecular complexity index is 604. The molecule has 6 heteroatoms. The van der Waals surface area contributed by atoms with Crippen molar-refractivity contribution in [3.8, 4) is 5.75 Å². The zero-order valence-electron chi connectivity index (χ0n) is 14.7. The molecule has 132 valence electrons. The first kappa shape index (κ1) is 18.3. The van der Waals surface area contributed by atoms with Gasteiger partial charge in [0.2, 0.25) is 11.8 Å². The summed E-state index contributed by atoms with van der Waals surface area (Å²) >= 11 is 0. The summed E-state index contributed by atoms with van der Waals surface area (Å²) in [6.07, 6.45) is 0.407. The minimum atomic E-state index is -0.820. The Kier molecular flexibility index (Phi) is 5.83. The summed E-state index contributed by atoms with van der Waals surface area (Å²) in [5, 5.41) is 10.5. The van der Waals surface area contributed by atoms with Crippen LogP contribution in [0.15, 0.2) is 24.3 Å². The second-order valence-electron chi connectivity index (χ2n) is 6.42. The van der Waals surface area contributed by atoms with Gasteiger partial charge in [0.1, 0.15) is 5.75 Å². The Morgan fingerprint density at radius 3 is 2.62 bits per heavy atom. The SMILES string of the molecule is COc1cccc(CN(C)C(=O)[C@@H]2CC[C@@H](N(C)C(C)=O)[C@H]2O)c1. The largest absolute Gasteiger partial charge is 0.497 e. The Labute approximate surface area is 143 Å². The summed E-state index contributed by atoms with van der Waals surface area (Å²) in [7, 11) is 5.01. The lowest BCUT2D eigenvalue weighted by Crippen LogP contribution is -2.45. The number of carbonyl (C=O) groups excluding carboxylic acids is 2. The molecule has 6 nitrogen and oxygen atoms in total. The van der Waals surface area contributed by atoms with Crippen molar-refractivity contribution in [1.82, 2.24) is 9.80 Å². The van der Waals surface area contributed by atoms with Crippen LogP contribution in [0.1, 0.15) is 25.3 Å². The number of hydrogen-bond donors (Lipinski definition) is 1. The number of carbonyl (C=O) groups is 2. The smallest absolute Gasteiger partial charge is 0.228 e. The van der Waals surface area contributed by atoms with Gasteiger partial charge in [-0.05, 0) is 30.5 Å². The van der Waals surface area contributed by atoms with Crippen molar-refractivity contribution in [1.29, 1.82) is 0 Å². The standard InChI is InChI=1S/C18H26N2O4/c1-12(21)20(3)16-9-8-15(17(16)22)18(23)19(2)11-13-6-5-7-14(10-13)24-4/h5-7,10,15-17,22H,8-9,11H2,1-4H3/t15-,16-,17+/m1/s1. The van der Waals surface area contributed by atoms with E-state index in [0.717, 1.165) is 11.3 Å². The second kappa shape index (κ2) is 7.66. The van der Waals surface area contributed by atoms with Gasteiger partial charge in [-0.25, -0.2) is 0 Å². The number of likely N-dealkylation sites (N-methyl/N-ethyl adjacent to an activating group) is 1. The predicted molar refractivity (Wildman–Crippen MR) is 90.4 cm³/mol. The van der Waals surface area contributed by atoms with Crippen molar-refractivity contribution >= 4 is 11.8 Å². The monoisotopic (exact) mass is 334 g/mol. The van der Waals surface area contributed by atoms with Crippen LogP contribution in [0, 0.1) is 5.92 Å². The highest BCUT2D eigenvalue weighted by atomic mass is 16.5. The number of benzene rings is 1. The van der Waals surface area contributed by atoms with E-state index in [9.17, 15) is 14.7 Å². The summed E-state index contributed by atoms with van der Waals surface area (Å²) in [5.74, 6) is 0.0893. The number of nitrogens with zero attached hydrogens (tertiary/aromatic N) is 2. The number of amides is 2. The van der Waals surface area contributed by atoms with Crippen molar-refractivity contribution in [2.75, 3.05) is 21.2 Å². The van der Waals surface area contributed by atoms with E-state index in [2.05, 4.69) is 0 Å². The maximum atomic E-state index is 12.7. The first-order valence-electron chi connectivity index (χ1n) is 8.14. The molecule has 1 fully saturated rings. The number of aliphatic hydroxyl groups excluding tert-OH is 1. The van der Waals surface area contributed by atoms with Crippen molar-refractivity contribution in [3.63, 3.8) is 0 Å². The fraction of sp³-hybridized carbons (Fsp3) is 0.556. The number of ether oxygens (including phenoxy) is 1. The lowest BCUT2D eigenvalue weighted by molar-refractivity contribution is -0.140. The molecule has 1 aliphatic rings. The van der Waals surface area contributed by atoms with Gasteiger partial charge in [-0.15, -0.1) is 0 Å². The molecule has 1 aliphatic carbocycles. The molecule has 0 radical (unpaired) electrons. The lowest BCUT2D eigenvalue weighted by Gasteiger charge is -2.29. The fourth-order valence-corrected chi connectivity index (χ4v) is 3.29. The molecule has 0 aliphatic heterocycles. The summed E-state index contributed by atoms with van der Waals surface area (Å²) in [6, 6.07) is 7.27. The third-order valence-corrected chi connectivity index (χ3v) is 4.82. The summed E-state index contributed by atoms with van der Waals surface area (Å²) in [4.78, 5) is 27.3. The van der Waals surface area contributed by atoms with Gasteiger partial charge in [-0.2, -0.15) is 0 Å². The Morgan fingerprint density at radius 1 is 1.29 bits per heavy atom. The minimum Gasteiger partial charge on any atom is -0.497 e. The van der Waals surface area contributed by atoms with Crippen LogP contribution in [0.5, 0.6) is 5.75 Å². The molecule has 3 atom stereocenters. The number of hydrogen-bond acceptors (Lipinski definition) is 4. The molecule has 0 saturated heterocycles. The van der Waals surface area contributed by atoms with E-state index >= 15 is 0 Å². The molecule has 0 spiro atoms. The molecule has 0 aromatic heterocycles. The molecule has 0 bridgehead atoms. The summed E-state index contributed by atoms with van der Waals surface area (Å²) in [6.45, 7) is 1.92. The van der Waals surface area contributed by atoms with Gasteiger partial charge in [0.05, 0.1) is 25.2 Å². The highest BCUT2D eigenvalue weighted by Gasteiger charge is 2.42. The zero-order valence-corrected chi connectivity index (χ0v) is 14.7. The maximum absolute atomic E-state index is 12.7. The summed E-state index contributed by atoms with van der Waals surface area (Å²) < 4.78 is 5.20. The molecule has 1 saturated carbocycles. The van der Waals surface area contributed by atoms with Gasteiger partial charge in [0.15, 0.2) is 0 Å². The van der Waals surface area contributed by atoms with Crippen molar-refractivity contribution < 1.29 is 19.4 Å². The Hall–Kier alpha value is -2.08. The normalized spacial score (nSPS) is 23.0. The molecule has 24 heavy (non-hydrogen) atoms. The van der Waals surface area contributed by atoms with E-state index in [0.29, 0.717) is 19.4 Å². The van der Waals surface area contributed by atoms with Crippen molar-refractivity contribution in [2.24, 2.45) is 5.92 Å². The van der Waals surface area contributed by atoms with Crippen LogP contribution in [-0.4, -0.2) is 60.1 Å². The first-order chi connectivity index (χ1) is 11.3. The molecule has 1 aromatic carbocycles. The van der Waals surface area contributed by atoms with Crippen molar-refractivity contribution in [2.45, 2.75) is 38.5 Å². The quantitative estimate of drug-likeness (QED) is 0.880. The van der Waals surface area contributed by atoms with E-state index < -0.39 is 12.0 Å². The Balaban J connectivity index is 2.01. The van der Waals surface area contributed by atoms with Crippen LogP contribution in [0.3, 0.4) is 0 Å². The van der Waals surface area contributed by atoms with E-state index in [1.807, 2.05) is 24.3 Å². The third kappa shape index (κ3) is 3.87. The van der Waals surface area contributed by atoms with Crippen molar-refractivity contribution in [3.05, 3.63) is 29.8 Å². The number of methoxy groups -OCH3 is 1. The van der Waals surface area contributed by atoms with Crippen LogP contribution in [0.2, 0.25) is 0 Å². The lowest BCUT2D eigenvalue weighted by atomic mass is 10.0. The highest BCUT2D eigenvalue weighted by molar-refractivity contribution is 5.80. The van der Waals surface area contributed by atoms with Gasteiger partial charge in [0.25, 0.3) is 0 Å². The molecule has 2 rings (SSSR count). The first-order valence-corrected chi connectivity index (χ1v) is 8.14. The van der Waals surface area contributed by atoms with Gasteiger partial charge in [0, 0.05) is 27.6 Å². The topological polar surface area (TPSA) is 70.1 Å². The molecule has 2 amide bonds. The van der Waals surface area contributed by atoms with Crippen LogP contribution in [-0.2, 0) is 16.1 Å². The zero-order chi connectivity index (χ0) is 17.9. The van der Waals surface area contributed by atoms with E-state index in [-0.39, 0.29) is 17.9 Å². The Morgan fingerprint density at radius 2 is 2.00 bits per heavy atom. The molecular formula is C18H26N2O4. The van der Waals surface area contributed by atoms with E-state index in [1.165, 1.54) is 11.8 Å².